The van der Waals surface area contributed by atoms with Crippen molar-refractivity contribution < 1.29 is 9.59 Å². The van der Waals surface area contributed by atoms with E-state index in [1.807, 2.05) is 4.90 Å². The Bertz CT molecular complexity index is 638. The van der Waals surface area contributed by atoms with Crippen molar-refractivity contribution in [3.8, 4) is 0 Å². The smallest absolute Gasteiger partial charge is 0.225 e. The van der Waals surface area contributed by atoms with E-state index in [1.54, 1.807) is 0 Å². The molecule has 4 nitrogen and oxygen atoms in total. The average Bonchev–Trinajstić information content (AvgIpc) is 3.47. The molecule has 4 rings (SSSR count). The minimum absolute atomic E-state index is 0.0458. The largest absolute Gasteiger partial charge is 0.349 e. The van der Waals surface area contributed by atoms with Gasteiger partial charge in [0, 0.05) is 19.0 Å². The van der Waals surface area contributed by atoms with Crippen molar-refractivity contribution in [3.63, 3.8) is 0 Å². The van der Waals surface area contributed by atoms with Crippen molar-refractivity contribution in [1.29, 1.82) is 0 Å². The quantitative estimate of drug-likeness (QED) is 0.928. The highest BCUT2D eigenvalue weighted by molar-refractivity contribution is 5.83. The number of carbonyl (C=O) groups excluding carboxylic acids is 2. The van der Waals surface area contributed by atoms with Crippen LogP contribution in [-0.2, 0) is 16.0 Å². The topological polar surface area (TPSA) is 49.4 Å². The summed E-state index contributed by atoms with van der Waals surface area (Å²) in [7, 11) is 0. The predicted octanol–water partition coefficient (Wildman–Crippen LogP) is 2.83. The second kappa shape index (κ2) is 6.58. The van der Waals surface area contributed by atoms with Crippen LogP contribution in [0.3, 0.4) is 0 Å². The van der Waals surface area contributed by atoms with Gasteiger partial charge in [-0.15, -0.1) is 0 Å². The summed E-state index contributed by atoms with van der Waals surface area (Å²) in [5.41, 5.74) is 2.64. The highest BCUT2D eigenvalue weighted by atomic mass is 16.2. The standard InChI is InChI=1S/C20H26N2O2/c23-19(16-7-4-12-22(13-16)20(24)15-10-11-15)21-18-9-3-6-14-5-1-2-8-17(14)18/h1-2,5,8,15-16,18H,3-4,6-7,9-13H2,(H,21,23). The Balaban J connectivity index is 1.40. The van der Waals surface area contributed by atoms with E-state index in [2.05, 4.69) is 29.6 Å². The zero-order valence-electron chi connectivity index (χ0n) is 14.2. The molecule has 1 N–H and O–H groups in total. The van der Waals surface area contributed by atoms with Gasteiger partial charge in [0.25, 0.3) is 0 Å². The number of piperidine rings is 1. The molecule has 2 fully saturated rings. The van der Waals surface area contributed by atoms with E-state index in [4.69, 9.17) is 0 Å². The number of nitrogens with zero attached hydrogens (tertiary/aromatic N) is 1. The molecule has 1 heterocycles. The predicted molar refractivity (Wildman–Crippen MR) is 92.3 cm³/mol. The number of aryl methyl sites for hydroxylation is 1. The maximum Gasteiger partial charge on any atom is 0.225 e. The number of rotatable bonds is 3. The van der Waals surface area contributed by atoms with Crippen molar-refractivity contribution in [2.75, 3.05) is 13.1 Å². The number of benzene rings is 1. The number of nitrogens with one attached hydrogen (secondary N) is 1. The third-order valence-corrected chi connectivity index (χ3v) is 5.72. The second-order valence-corrected chi connectivity index (χ2v) is 7.55. The Labute approximate surface area is 143 Å². The van der Waals surface area contributed by atoms with E-state index in [0.717, 1.165) is 51.5 Å². The first-order valence-corrected chi connectivity index (χ1v) is 9.39. The number of hydrogen-bond donors (Lipinski definition) is 1. The van der Waals surface area contributed by atoms with Crippen LogP contribution < -0.4 is 5.32 Å². The van der Waals surface area contributed by atoms with Crippen molar-refractivity contribution >= 4 is 11.8 Å². The number of likely N-dealkylation sites (tertiary alicyclic amines) is 1. The van der Waals surface area contributed by atoms with E-state index in [9.17, 15) is 9.59 Å². The molecule has 0 bridgehead atoms. The number of hydrogen-bond acceptors (Lipinski definition) is 2. The molecule has 0 spiro atoms. The van der Waals surface area contributed by atoms with Gasteiger partial charge >= 0.3 is 0 Å². The van der Waals surface area contributed by atoms with Crippen molar-refractivity contribution in [3.05, 3.63) is 35.4 Å². The fourth-order valence-electron chi connectivity index (χ4n) is 4.17. The van der Waals surface area contributed by atoms with Gasteiger partial charge in [0.05, 0.1) is 12.0 Å². The summed E-state index contributed by atoms with van der Waals surface area (Å²) in [6.07, 6.45) is 7.15. The van der Waals surface area contributed by atoms with E-state index in [-0.39, 0.29) is 29.7 Å². The highest BCUT2D eigenvalue weighted by Crippen LogP contribution is 2.33. The molecule has 2 aliphatic carbocycles. The van der Waals surface area contributed by atoms with Crippen LogP contribution in [0.4, 0.5) is 0 Å². The van der Waals surface area contributed by atoms with Crippen LogP contribution in [0, 0.1) is 11.8 Å². The first-order valence-electron chi connectivity index (χ1n) is 9.39. The third kappa shape index (κ3) is 3.19. The molecule has 1 aromatic rings. The SMILES string of the molecule is O=C(NC1CCCc2ccccc21)C1CCCN(C(=O)C2CC2)C1. The molecular weight excluding hydrogens is 300 g/mol. The molecule has 2 atom stereocenters. The maximum atomic E-state index is 12.8. The third-order valence-electron chi connectivity index (χ3n) is 5.72. The van der Waals surface area contributed by atoms with Gasteiger partial charge < -0.3 is 10.2 Å². The lowest BCUT2D eigenvalue weighted by Gasteiger charge is -2.34. The first-order chi connectivity index (χ1) is 11.7. The van der Waals surface area contributed by atoms with E-state index >= 15 is 0 Å². The molecule has 1 saturated carbocycles. The van der Waals surface area contributed by atoms with Crippen molar-refractivity contribution in [2.45, 2.75) is 51.0 Å². The lowest BCUT2D eigenvalue weighted by molar-refractivity contribution is -0.137. The summed E-state index contributed by atoms with van der Waals surface area (Å²) in [6, 6.07) is 8.58. The van der Waals surface area contributed by atoms with Crippen molar-refractivity contribution in [2.24, 2.45) is 11.8 Å². The van der Waals surface area contributed by atoms with Gasteiger partial charge in [-0.1, -0.05) is 24.3 Å². The minimum Gasteiger partial charge on any atom is -0.349 e. The Morgan fingerprint density at radius 3 is 2.67 bits per heavy atom. The normalized spacial score (nSPS) is 26.6. The van der Waals surface area contributed by atoms with E-state index in [0.29, 0.717) is 6.54 Å². The second-order valence-electron chi connectivity index (χ2n) is 7.55. The molecule has 2 unspecified atom stereocenters. The first kappa shape index (κ1) is 15.7. The van der Waals surface area contributed by atoms with Crippen LogP contribution in [0.5, 0.6) is 0 Å². The summed E-state index contributed by atoms with van der Waals surface area (Å²) in [6.45, 7) is 1.43. The molecule has 4 heteroatoms. The van der Waals surface area contributed by atoms with Crippen LogP contribution in [0.15, 0.2) is 24.3 Å². The zero-order chi connectivity index (χ0) is 16.5. The molecule has 1 saturated heterocycles. The number of amides is 2. The van der Waals surface area contributed by atoms with Crippen molar-refractivity contribution in [1.82, 2.24) is 10.2 Å². The van der Waals surface area contributed by atoms with Crippen LogP contribution in [0.1, 0.15) is 55.7 Å². The van der Waals surface area contributed by atoms with Gasteiger partial charge in [0.15, 0.2) is 0 Å². The number of carbonyl (C=O) groups is 2. The van der Waals surface area contributed by atoms with Gasteiger partial charge in [0.1, 0.15) is 0 Å². The molecule has 2 amide bonds. The lowest BCUT2D eigenvalue weighted by Crippen LogP contribution is -2.46. The van der Waals surface area contributed by atoms with Crippen LogP contribution in [0.2, 0.25) is 0 Å². The summed E-state index contributed by atoms with van der Waals surface area (Å²) in [5.74, 6) is 0.605. The molecule has 3 aliphatic rings. The fourth-order valence-corrected chi connectivity index (χ4v) is 4.17. The molecular formula is C20H26N2O2. The van der Waals surface area contributed by atoms with Crippen LogP contribution in [0.25, 0.3) is 0 Å². The molecule has 0 radical (unpaired) electrons. The Morgan fingerprint density at radius 1 is 1.00 bits per heavy atom. The average molecular weight is 326 g/mol. The Kier molecular flexibility index (Phi) is 4.30. The van der Waals surface area contributed by atoms with Gasteiger partial charge in [0.2, 0.25) is 11.8 Å². The molecule has 0 aromatic heterocycles. The Morgan fingerprint density at radius 2 is 1.83 bits per heavy atom. The van der Waals surface area contributed by atoms with Crippen LogP contribution >= 0.6 is 0 Å². The van der Waals surface area contributed by atoms with Gasteiger partial charge in [-0.3, -0.25) is 9.59 Å². The lowest BCUT2D eigenvalue weighted by atomic mass is 9.87. The molecule has 1 aliphatic heterocycles. The molecule has 24 heavy (non-hydrogen) atoms. The van der Waals surface area contributed by atoms with Gasteiger partial charge in [-0.05, 0) is 56.1 Å². The minimum atomic E-state index is -0.0458. The van der Waals surface area contributed by atoms with Gasteiger partial charge in [-0.2, -0.15) is 0 Å². The van der Waals surface area contributed by atoms with Gasteiger partial charge in [-0.25, -0.2) is 0 Å². The van der Waals surface area contributed by atoms with E-state index < -0.39 is 0 Å². The summed E-state index contributed by atoms with van der Waals surface area (Å²) in [5, 5.41) is 3.27. The maximum absolute atomic E-state index is 12.8. The summed E-state index contributed by atoms with van der Waals surface area (Å²) >= 11 is 0. The van der Waals surface area contributed by atoms with Crippen LogP contribution in [-0.4, -0.2) is 29.8 Å². The summed E-state index contributed by atoms with van der Waals surface area (Å²) in [4.78, 5) is 27.0. The fraction of sp³-hybridized carbons (Fsp3) is 0.600. The highest BCUT2D eigenvalue weighted by Gasteiger charge is 2.37. The van der Waals surface area contributed by atoms with E-state index in [1.165, 1.54) is 11.1 Å². The molecule has 1 aromatic carbocycles. The molecule has 128 valence electrons. The monoisotopic (exact) mass is 326 g/mol. The Hall–Kier alpha value is -1.84. The number of fused-ring (bicyclic) bond motifs is 1. The zero-order valence-corrected chi connectivity index (χ0v) is 14.2. The summed E-state index contributed by atoms with van der Waals surface area (Å²) < 4.78 is 0.